The van der Waals surface area contributed by atoms with Crippen molar-refractivity contribution in [1.82, 2.24) is 5.32 Å². The molecule has 1 aliphatic rings. The molecule has 0 aliphatic heterocycles. The molecule has 1 nitrogen and oxygen atoms in total. The summed E-state index contributed by atoms with van der Waals surface area (Å²) < 4.78 is 1.24. The van der Waals surface area contributed by atoms with Gasteiger partial charge in [-0.05, 0) is 73.1 Å². The second-order valence-corrected chi connectivity index (χ2v) is 7.52. The number of hydrogen-bond acceptors (Lipinski definition) is 2. The molecule has 0 amide bonds. The van der Waals surface area contributed by atoms with E-state index >= 15 is 0 Å². The second kappa shape index (κ2) is 7.46. The van der Waals surface area contributed by atoms with E-state index in [9.17, 15) is 0 Å². The topological polar surface area (TPSA) is 12.0 Å². The molecular formula is C15H22BrNS. The molecule has 3 heteroatoms. The van der Waals surface area contributed by atoms with E-state index in [1.54, 1.807) is 5.57 Å². The van der Waals surface area contributed by atoms with E-state index in [2.05, 4.69) is 46.4 Å². The zero-order chi connectivity index (χ0) is 12.8. The molecule has 1 aliphatic carbocycles. The number of allylic oxidation sites excluding steroid dienone is 1. The van der Waals surface area contributed by atoms with Crippen LogP contribution in [0, 0.1) is 0 Å². The molecule has 0 aromatic carbocycles. The predicted octanol–water partition coefficient (Wildman–Crippen LogP) is 4.92. The lowest BCUT2D eigenvalue weighted by atomic mass is 9.93. The molecule has 100 valence electrons. The predicted molar refractivity (Wildman–Crippen MR) is 84.4 cm³/mol. The van der Waals surface area contributed by atoms with Crippen molar-refractivity contribution in [2.45, 2.75) is 51.5 Å². The average molecular weight is 328 g/mol. The highest BCUT2D eigenvalue weighted by Crippen LogP contribution is 2.26. The molecule has 0 saturated carbocycles. The fourth-order valence-corrected chi connectivity index (χ4v) is 4.18. The Kier molecular flexibility index (Phi) is 5.93. The van der Waals surface area contributed by atoms with Crippen LogP contribution in [-0.2, 0) is 6.42 Å². The van der Waals surface area contributed by atoms with Crippen LogP contribution in [0.3, 0.4) is 0 Å². The van der Waals surface area contributed by atoms with Crippen LogP contribution in [0.5, 0.6) is 0 Å². The molecule has 1 heterocycles. The van der Waals surface area contributed by atoms with Crippen LogP contribution in [-0.4, -0.2) is 12.6 Å². The molecule has 1 N–H and O–H groups in total. The van der Waals surface area contributed by atoms with Crippen molar-refractivity contribution in [2.24, 2.45) is 0 Å². The largest absolute Gasteiger partial charge is 0.314 e. The fraction of sp³-hybridized carbons (Fsp3) is 0.600. The summed E-state index contributed by atoms with van der Waals surface area (Å²) in [6.07, 6.45) is 10.2. The summed E-state index contributed by atoms with van der Waals surface area (Å²) >= 11 is 5.41. The Bertz CT molecular complexity index is 397. The van der Waals surface area contributed by atoms with Crippen molar-refractivity contribution in [3.63, 3.8) is 0 Å². The molecule has 0 saturated heterocycles. The van der Waals surface area contributed by atoms with Gasteiger partial charge in [-0.2, -0.15) is 0 Å². The van der Waals surface area contributed by atoms with Gasteiger partial charge in [-0.3, -0.25) is 0 Å². The third kappa shape index (κ3) is 4.52. The summed E-state index contributed by atoms with van der Waals surface area (Å²) in [7, 11) is 0. The lowest BCUT2D eigenvalue weighted by Gasteiger charge is -2.21. The molecule has 1 aromatic heterocycles. The van der Waals surface area contributed by atoms with E-state index < -0.39 is 0 Å². The lowest BCUT2D eigenvalue weighted by Crippen LogP contribution is -2.31. The number of thiophene rings is 1. The quantitative estimate of drug-likeness (QED) is 0.731. The Labute approximate surface area is 123 Å². The first-order valence-electron chi connectivity index (χ1n) is 6.93. The number of hydrogen-bond donors (Lipinski definition) is 1. The number of rotatable bonds is 6. The minimum Gasteiger partial charge on any atom is -0.314 e. The second-order valence-electron chi connectivity index (χ2n) is 4.98. The maximum absolute atomic E-state index is 3.64. The first-order chi connectivity index (χ1) is 8.78. The van der Waals surface area contributed by atoms with E-state index in [1.165, 1.54) is 40.8 Å². The monoisotopic (exact) mass is 327 g/mol. The van der Waals surface area contributed by atoms with E-state index in [0.717, 1.165) is 13.0 Å². The highest BCUT2D eigenvalue weighted by molar-refractivity contribution is 9.11. The van der Waals surface area contributed by atoms with Gasteiger partial charge < -0.3 is 5.32 Å². The molecule has 0 bridgehead atoms. The summed E-state index contributed by atoms with van der Waals surface area (Å²) in [5.41, 5.74) is 1.67. The molecule has 1 aromatic rings. The van der Waals surface area contributed by atoms with Gasteiger partial charge in [0, 0.05) is 10.9 Å². The van der Waals surface area contributed by atoms with Crippen LogP contribution in [0.1, 0.15) is 43.9 Å². The van der Waals surface area contributed by atoms with Crippen LogP contribution in [0.15, 0.2) is 27.6 Å². The minimum atomic E-state index is 0.602. The van der Waals surface area contributed by atoms with Crippen LogP contribution < -0.4 is 5.32 Å². The number of likely N-dealkylation sites (N-methyl/N-ethyl adjacent to an activating group) is 1. The zero-order valence-electron chi connectivity index (χ0n) is 11.0. The molecule has 0 fully saturated rings. The first kappa shape index (κ1) is 14.3. The first-order valence-corrected chi connectivity index (χ1v) is 8.54. The smallest absolute Gasteiger partial charge is 0.0701 e. The average Bonchev–Trinajstić information content (AvgIpc) is 2.76. The molecule has 0 radical (unpaired) electrons. The summed E-state index contributed by atoms with van der Waals surface area (Å²) in [6.45, 7) is 3.26. The van der Waals surface area contributed by atoms with Crippen LogP contribution in [0.25, 0.3) is 0 Å². The molecular weight excluding hydrogens is 306 g/mol. The third-order valence-corrected chi connectivity index (χ3v) is 5.11. The number of nitrogens with one attached hydrogen (secondary N) is 1. The summed E-state index contributed by atoms with van der Waals surface area (Å²) in [5, 5.41) is 3.64. The third-order valence-electron chi connectivity index (χ3n) is 3.46. The van der Waals surface area contributed by atoms with Crippen LogP contribution in [0.2, 0.25) is 0 Å². The van der Waals surface area contributed by atoms with E-state index in [1.807, 2.05) is 11.3 Å². The Morgan fingerprint density at radius 1 is 1.33 bits per heavy atom. The Morgan fingerprint density at radius 3 is 2.83 bits per heavy atom. The van der Waals surface area contributed by atoms with Gasteiger partial charge >= 0.3 is 0 Å². The highest BCUT2D eigenvalue weighted by Gasteiger charge is 2.13. The van der Waals surface area contributed by atoms with Crippen LogP contribution >= 0.6 is 27.3 Å². The Balaban J connectivity index is 1.92. The molecule has 1 unspecified atom stereocenters. The molecule has 0 spiro atoms. The van der Waals surface area contributed by atoms with Gasteiger partial charge in [0.25, 0.3) is 0 Å². The standard InChI is InChI=1S/C15H22BrNS/c1-2-17-13(10-12-6-4-3-5-7-12)11-14-8-9-15(16)18-14/h6,8-9,13,17H,2-5,7,10-11H2,1H3. The summed E-state index contributed by atoms with van der Waals surface area (Å²) in [6, 6.07) is 5.00. The van der Waals surface area contributed by atoms with E-state index in [4.69, 9.17) is 0 Å². The van der Waals surface area contributed by atoms with Gasteiger partial charge in [0.05, 0.1) is 3.79 Å². The van der Waals surface area contributed by atoms with Crippen molar-refractivity contribution in [1.29, 1.82) is 0 Å². The molecule has 1 atom stereocenters. The highest BCUT2D eigenvalue weighted by atomic mass is 79.9. The summed E-state index contributed by atoms with van der Waals surface area (Å²) in [5.74, 6) is 0. The van der Waals surface area contributed by atoms with E-state index in [-0.39, 0.29) is 0 Å². The fourth-order valence-electron chi connectivity index (χ4n) is 2.62. The van der Waals surface area contributed by atoms with Crippen molar-refractivity contribution >= 4 is 27.3 Å². The van der Waals surface area contributed by atoms with Gasteiger partial charge in [0.15, 0.2) is 0 Å². The van der Waals surface area contributed by atoms with Crippen molar-refractivity contribution in [2.75, 3.05) is 6.54 Å². The van der Waals surface area contributed by atoms with Gasteiger partial charge in [-0.15, -0.1) is 11.3 Å². The van der Waals surface area contributed by atoms with Gasteiger partial charge in [-0.1, -0.05) is 18.6 Å². The van der Waals surface area contributed by atoms with Gasteiger partial charge in [-0.25, -0.2) is 0 Å². The lowest BCUT2D eigenvalue weighted by molar-refractivity contribution is 0.507. The zero-order valence-corrected chi connectivity index (χ0v) is 13.4. The number of halogens is 1. The maximum Gasteiger partial charge on any atom is 0.0701 e. The molecule has 2 rings (SSSR count). The van der Waals surface area contributed by atoms with Crippen LogP contribution in [0.4, 0.5) is 0 Å². The normalized spacial score (nSPS) is 17.6. The Hall–Kier alpha value is -0.120. The molecule has 18 heavy (non-hydrogen) atoms. The van der Waals surface area contributed by atoms with Crippen molar-refractivity contribution in [3.8, 4) is 0 Å². The Morgan fingerprint density at radius 2 is 2.22 bits per heavy atom. The van der Waals surface area contributed by atoms with Gasteiger partial charge in [0.1, 0.15) is 0 Å². The van der Waals surface area contributed by atoms with Crippen molar-refractivity contribution in [3.05, 3.63) is 32.4 Å². The maximum atomic E-state index is 3.64. The minimum absolute atomic E-state index is 0.602. The summed E-state index contributed by atoms with van der Waals surface area (Å²) in [4.78, 5) is 1.48. The van der Waals surface area contributed by atoms with E-state index in [0.29, 0.717) is 6.04 Å². The van der Waals surface area contributed by atoms with Gasteiger partial charge in [0.2, 0.25) is 0 Å². The SMILES string of the molecule is CCNC(CC1=CCCCC1)Cc1ccc(Br)s1. The van der Waals surface area contributed by atoms with Crippen molar-refractivity contribution < 1.29 is 0 Å².